The second-order valence-electron chi connectivity index (χ2n) is 9.32. The number of nitrogens with one attached hydrogen (secondary N) is 2. The highest BCUT2D eigenvalue weighted by atomic mass is 19.4. The third-order valence-corrected chi connectivity index (χ3v) is 6.65. The molecule has 17 heteroatoms. The molecular formula is C23H27F6N7O4. The third-order valence-electron chi connectivity index (χ3n) is 6.65. The van der Waals surface area contributed by atoms with Crippen molar-refractivity contribution in [1.29, 1.82) is 0 Å². The highest BCUT2D eigenvalue weighted by Crippen LogP contribution is 2.33. The van der Waals surface area contributed by atoms with Gasteiger partial charge in [-0.3, -0.25) is 9.59 Å². The third kappa shape index (κ3) is 7.38. The zero-order valence-electron chi connectivity index (χ0n) is 21.1. The first-order chi connectivity index (χ1) is 18.9. The molecule has 2 aliphatic heterocycles. The fourth-order valence-corrected chi connectivity index (χ4v) is 4.47. The van der Waals surface area contributed by atoms with Crippen LogP contribution in [0.3, 0.4) is 0 Å². The van der Waals surface area contributed by atoms with Gasteiger partial charge < -0.3 is 24.6 Å². The first-order valence-electron chi connectivity index (χ1n) is 12.4. The minimum Gasteiger partial charge on any atom is -0.381 e. The number of nitrogens with zero attached hydrogens (tertiary/aromatic N) is 5. The minimum absolute atomic E-state index is 0.00652. The van der Waals surface area contributed by atoms with Gasteiger partial charge in [-0.15, -0.1) is 0 Å². The standard InChI is InChI=1S/C23H27F6N7O4/c24-22(25,26)15-9-30-21(31-10-15)36-5-3-35(4-6-36)18(37)2-8-40-13-17(14-1-7-39-12-14)33-16-11-32-34-20(38)19(16)23(27,28)29/h9-11,14,17H,1-8,12-13H2,(H2,33,34,38)/t14-,17+/m0/s1. The number of hydrogen-bond acceptors (Lipinski definition) is 9. The molecule has 0 radical (unpaired) electrons. The van der Waals surface area contributed by atoms with Crippen molar-refractivity contribution in [3.05, 3.63) is 40.1 Å². The maximum atomic E-state index is 13.5. The molecule has 0 bridgehead atoms. The largest absolute Gasteiger partial charge is 0.423 e. The summed E-state index contributed by atoms with van der Waals surface area (Å²) in [4.78, 5) is 35.3. The van der Waals surface area contributed by atoms with Gasteiger partial charge in [-0.1, -0.05) is 0 Å². The molecule has 0 aromatic carbocycles. The van der Waals surface area contributed by atoms with Gasteiger partial charge in [0.05, 0.1) is 49.7 Å². The molecule has 40 heavy (non-hydrogen) atoms. The summed E-state index contributed by atoms with van der Waals surface area (Å²) in [6.07, 6.45) is -6.51. The number of carbonyl (C=O) groups is 1. The molecule has 11 nitrogen and oxygen atoms in total. The predicted octanol–water partition coefficient (Wildman–Crippen LogP) is 2.17. The first kappa shape index (κ1) is 29.5. The molecule has 2 atom stereocenters. The highest BCUT2D eigenvalue weighted by molar-refractivity contribution is 5.76. The molecule has 220 valence electrons. The van der Waals surface area contributed by atoms with Gasteiger partial charge >= 0.3 is 12.4 Å². The van der Waals surface area contributed by atoms with Crippen molar-refractivity contribution in [3.63, 3.8) is 0 Å². The number of hydrogen-bond donors (Lipinski definition) is 2. The van der Waals surface area contributed by atoms with Gasteiger partial charge in [-0.25, -0.2) is 15.1 Å². The molecule has 0 saturated carbocycles. The van der Waals surface area contributed by atoms with Crippen LogP contribution in [0.5, 0.6) is 0 Å². The number of carbonyl (C=O) groups excluding carboxylic acids is 1. The molecule has 2 aromatic heterocycles. The van der Waals surface area contributed by atoms with Crippen LogP contribution in [-0.4, -0.2) is 89.6 Å². The van der Waals surface area contributed by atoms with E-state index in [0.29, 0.717) is 58.2 Å². The normalized spacial score (nSPS) is 19.1. The summed E-state index contributed by atoms with van der Waals surface area (Å²) in [6.45, 7) is 1.98. The van der Waals surface area contributed by atoms with E-state index in [1.54, 1.807) is 14.9 Å². The Hall–Kier alpha value is -3.47. The molecule has 0 spiro atoms. The van der Waals surface area contributed by atoms with E-state index in [9.17, 15) is 35.9 Å². The number of aromatic amines is 1. The summed E-state index contributed by atoms with van der Waals surface area (Å²) in [5.74, 6) is -0.251. The van der Waals surface area contributed by atoms with E-state index in [1.165, 1.54) is 0 Å². The number of anilines is 2. The molecule has 2 N–H and O–H groups in total. The molecule has 2 aliphatic rings. The van der Waals surface area contributed by atoms with Gasteiger partial charge in [0.25, 0.3) is 5.56 Å². The number of piperazine rings is 1. The Morgan fingerprint density at radius 3 is 2.40 bits per heavy atom. The Morgan fingerprint density at radius 2 is 1.80 bits per heavy atom. The number of alkyl halides is 6. The van der Waals surface area contributed by atoms with Crippen LogP contribution in [-0.2, 0) is 26.6 Å². The number of amides is 1. The Bertz CT molecular complexity index is 1190. The minimum atomic E-state index is -4.90. The van der Waals surface area contributed by atoms with Gasteiger partial charge in [0.15, 0.2) is 0 Å². The fourth-order valence-electron chi connectivity index (χ4n) is 4.47. The number of rotatable bonds is 9. The summed E-state index contributed by atoms with van der Waals surface area (Å²) >= 11 is 0. The molecule has 4 rings (SSSR count). The van der Waals surface area contributed by atoms with E-state index in [4.69, 9.17) is 9.47 Å². The summed E-state index contributed by atoms with van der Waals surface area (Å²) in [7, 11) is 0. The Labute approximate surface area is 223 Å². The molecule has 1 amide bonds. The summed E-state index contributed by atoms with van der Waals surface area (Å²) in [5.41, 5.74) is -4.17. The van der Waals surface area contributed by atoms with Crippen LogP contribution < -0.4 is 15.8 Å². The summed E-state index contributed by atoms with van der Waals surface area (Å²) in [6, 6.07) is -0.630. The zero-order chi connectivity index (χ0) is 28.9. The van der Waals surface area contributed by atoms with E-state index in [0.717, 1.165) is 6.20 Å². The average molecular weight is 580 g/mol. The Morgan fingerprint density at radius 1 is 1.10 bits per heavy atom. The maximum Gasteiger partial charge on any atom is 0.423 e. The molecule has 2 fully saturated rings. The number of H-pyrrole nitrogens is 1. The smallest absolute Gasteiger partial charge is 0.381 e. The molecular weight excluding hydrogens is 552 g/mol. The van der Waals surface area contributed by atoms with Gasteiger partial charge in [0, 0.05) is 51.1 Å². The van der Waals surface area contributed by atoms with E-state index in [1.807, 2.05) is 0 Å². The van der Waals surface area contributed by atoms with Gasteiger partial charge in [0.1, 0.15) is 5.56 Å². The second kappa shape index (κ2) is 12.4. The van der Waals surface area contributed by atoms with Crippen molar-refractivity contribution in [1.82, 2.24) is 25.1 Å². The SMILES string of the molecule is O=C(CCOC[C@@H](Nc1cn[nH]c(=O)c1C(F)(F)F)[C@H]1CCOC1)N1CCN(c2ncc(C(F)(F)F)cn2)CC1. The van der Waals surface area contributed by atoms with Crippen LogP contribution in [0.15, 0.2) is 23.4 Å². The molecule has 4 heterocycles. The topological polar surface area (TPSA) is 126 Å². The van der Waals surface area contributed by atoms with Crippen LogP contribution in [0.2, 0.25) is 0 Å². The maximum absolute atomic E-state index is 13.5. The first-order valence-corrected chi connectivity index (χ1v) is 12.4. The fraction of sp³-hybridized carbons (Fsp3) is 0.609. The Kier molecular flexibility index (Phi) is 9.12. The number of ether oxygens (including phenoxy) is 2. The van der Waals surface area contributed by atoms with E-state index in [2.05, 4.69) is 20.4 Å². The number of halogens is 6. The lowest BCUT2D eigenvalue weighted by Gasteiger charge is -2.34. The lowest BCUT2D eigenvalue weighted by molar-refractivity contribution is -0.139. The quantitative estimate of drug-likeness (QED) is 0.340. The monoisotopic (exact) mass is 579 g/mol. The van der Waals surface area contributed by atoms with Crippen molar-refractivity contribution in [2.75, 3.05) is 62.8 Å². The van der Waals surface area contributed by atoms with Crippen LogP contribution in [0.1, 0.15) is 24.0 Å². The highest BCUT2D eigenvalue weighted by Gasteiger charge is 2.39. The van der Waals surface area contributed by atoms with E-state index in [-0.39, 0.29) is 37.4 Å². The van der Waals surface area contributed by atoms with E-state index >= 15 is 0 Å². The summed E-state index contributed by atoms with van der Waals surface area (Å²) in [5, 5.41) is 8.00. The van der Waals surface area contributed by atoms with Crippen molar-refractivity contribution >= 4 is 17.5 Å². The lowest BCUT2D eigenvalue weighted by atomic mass is 9.99. The average Bonchev–Trinajstić information content (AvgIpc) is 3.44. The van der Waals surface area contributed by atoms with Gasteiger partial charge in [0.2, 0.25) is 11.9 Å². The van der Waals surface area contributed by atoms with Crippen LogP contribution in [0.25, 0.3) is 0 Å². The zero-order valence-corrected chi connectivity index (χ0v) is 21.1. The van der Waals surface area contributed by atoms with Gasteiger partial charge in [-0.2, -0.15) is 31.4 Å². The molecule has 2 aromatic rings. The molecule has 0 unspecified atom stereocenters. The molecule has 0 aliphatic carbocycles. The van der Waals surface area contributed by atoms with E-state index < -0.39 is 40.8 Å². The van der Waals surface area contributed by atoms with Crippen molar-refractivity contribution < 1.29 is 40.6 Å². The lowest BCUT2D eigenvalue weighted by Crippen LogP contribution is -2.49. The Balaban J connectivity index is 1.26. The van der Waals surface area contributed by atoms with Crippen LogP contribution in [0, 0.1) is 5.92 Å². The number of aromatic nitrogens is 4. The second-order valence-corrected chi connectivity index (χ2v) is 9.32. The predicted molar refractivity (Wildman–Crippen MR) is 127 cm³/mol. The van der Waals surface area contributed by atoms with Gasteiger partial charge in [-0.05, 0) is 6.42 Å². The van der Waals surface area contributed by atoms with Crippen molar-refractivity contribution in [2.24, 2.45) is 5.92 Å². The summed E-state index contributed by atoms with van der Waals surface area (Å²) < 4.78 is 89.5. The van der Waals surface area contributed by atoms with Crippen LogP contribution in [0.4, 0.5) is 38.0 Å². The van der Waals surface area contributed by atoms with Crippen molar-refractivity contribution in [3.8, 4) is 0 Å². The molecule has 2 saturated heterocycles. The van der Waals surface area contributed by atoms with Crippen LogP contribution >= 0.6 is 0 Å². The van der Waals surface area contributed by atoms with Crippen molar-refractivity contribution in [2.45, 2.75) is 31.2 Å².